The zero-order valence-electron chi connectivity index (χ0n) is 19.4. The average molecular weight is 476 g/mol. The second-order valence-corrected chi connectivity index (χ2v) is 7.75. The van der Waals surface area contributed by atoms with Crippen molar-refractivity contribution in [1.29, 1.82) is 0 Å². The summed E-state index contributed by atoms with van der Waals surface area (Å²) in [6.07, 6.45) is 4.21. The summed E-state index contributed by atoms with van der Waals surface area (Å²) >= 11 is 0. The number of rotatable bonds is 8. The topological polar surface area (TPSA) is 110 Å². The number of benzene rings is 2. The number of amides is 3. The van der Waals surface area contributed by atoms with Gasteiger partial charge in [-0.3, -0.25) is 14.4 Å². The van der Waals surface area contributed by atoms with Crippen LogP contribution in [-0.2, 0) is 9.59 Å². The fourth-order valence-corrected chi connectivity index (χ4v) is 3.72. The van der Waals surface area contributed by atoms with Gasteiger partial charge in [-0.05, 0) is 55.0 Å². The highest BCUT2D eigenvalue weighted by Crippen LogP contribution is 2.28. The zero-order valence-corrected chi connectivity index (χ0v) is 19.4. The van der Waals surface area contributed by atoms with Crippen molar-refractivity contribution in [3.05, 3.63) is 77.9 Å². The molecule has 9 heteroatoms. The normalized spacial score (nSPS) is 13.5. The molecule has 1 aliphatic rings. The molecular formula is C26H25N3O6. The van der Waals surface area contributed by atoms with Crippen molar-refractivity contribution in [1.82, 2.24) is 5.32 Å². The molecule has 2 heterocycles. The third-order valence-electron chi connectivity index (χ3n) is 5.46. The fraction of sp³-hybridized carbons (Fsp3) is 0.192. The van der Waals surface area contributed by atoms with Crippen molar-refractivity contribution in [3.8, 4) is 11.5 Å². The summed E-state index contributed by atoms with van der Waals surface area (Å²) in [6, 6.07) is 15.0. The Kier molecular flexibility index (Phi) is 7.15. The molecular weight excluding hydrogens is 450 g/mol. The summed E-state index contributed by atoms with van der Waals surface area (Å²) in [5.74, 6) is 0.225. The number of carbonyl (C=O) groups is 3. The lowest BCUT2D eigenvalue weighted by molar-refractivity contribution is -0.117. The smallest absolute Gasteiger partial charge is 0.272 e. The van der Waals surface area contributed by atoms with Gasteiger partial charge >= 0.3 is 0 Å². The minimum atomic E-state index is -0.555. The first kappa shape index (κ1) is 23.6. The summed E-state index contributed by atoms with van der Waals surface area (Å²) in [5.41, 5.74) is 1.44. The average Bonchev–Trinajstić information content (AvgIpc) is 3.54. The number of anilines is 2. The lowest BCUT2D eigenvalue weighted by atomic mass is 10.1. The lowest BCUT2D eigenvalue weighted by Gasteiger charge is -2.17. The van der Waals surface area contributed by atoms with Gasteiger partial charge in [-0.1, -0.05) is 6.07 Å². The van der Waals surface area contributed by atoms with E-state index in [0.29, 0.717) is 41.6 Å². The third kappa shape index (κ3) is 5.52. The van der Waals surface area contributed by atoms with Gasteiger partial charge in [-0.2, -0.15) is 0 Å². The number of hydrogen-bond acceptors (Lipinski definition) is 6. The first-order valence-electron chi connectivity index (χ1n) is 11.0. The van der Waals surface area contributed by atoms with Crippen LogP contribution in [0.5, 0.6) is 11.5 Å². The maximum absolute atomic E-state index is 13.2. The lowest BCUT2D eigenvalue weighted by Crippen LogP contribution is -2.31. The molecule has 1 aliphatic heterocycles. The molecule has 0 atom stereocenters. The van der Waals surface area contributed by atoms with Crippen LogP contribution in [-0.4, -0.2) is 38.5 Å². The van der Waals surface area contributed by atoms with E-state index in [-0.39, 0.29) is 17.2 Å². The van der Waals surface area contributed by atoms with Gasteiger partial charge in [-0.15, -0.1) is 0 Å². The molecule has 0 saturated carbocycles. The van der Waals surface area contributed by atoms with Crippen molar-refractivity contribution in [2.45, 2.75) is 12.8 Å². The van der Waals surface area contributed by atoms with Crippen LogP contribution >= 0.6 is 0 Å². The second-order valence-electron chi connectivity index (χ2n) is 7.75. The van der Waals surface area contributed by atoms with E-state index in [0.717, 1.165) is 6.42 Å². The van der Waals surface area contributed by atoms with E-state index in [1.165, 1.54) is 32.6 Å². The Bertz CT molecular complexity index is 1270. The van der Waals surface area contributed by atoms with Crippen LogP contribution in [0.25, 0.3) is 6.08 Å². The molecule has 0 radical (unpaired) electrons. The summed E-state index contributed by atoms with van der Waals surface area (Å²) in [7, 11) is 2.97. The van der Waals surface area contributed by atoms with Gasteiger partial charge in [-0.25, -0.2) is 0 Å². The first-order chi connectivity index (χ1) is 17.0. The fourth-order valence-electron chi connectivity index (χ4n) is 3.72. The molecule has 3 amide bonds. The van der Waals surface area contributed by atoms with Gasteiger partial charge in [0.2, 0.25) is 5.91 Å². The number of methoxy groups -OCH3 is 2. The van der Waals surface area contributed by atoms with Crippen molar-refractivity contribution in [2.75, 3.05) is 31.0 Å². The monoisotopic (exact) mass is 475 g/mol. The van der Waals surface area contributed by atoms with Gasteiger partial charge < -0.3 is 29.4 Å². The summed E-state index contributed by atoms with van der Waals surface area (Å²) in [5, 5.41) is 5.43. The molecule has 0 bridgehead atoms. The largest absolute Gasteiger partial charge is 0.493 e. The number of nitrogens with zero attached hydrogens (tertiary/aromatic N) is 1. The van der Waals surface area contributed by atoms with Gasteiger partial charge in [0.05, 0.1) is 20.5 Å². The number of nitrogens with one attached hydrogen (secondary N) is 2. The Hall–Kier alpha value is -4.53. The molecule has 1 aromatic heterocycles. The minimum absolute atomic E-state index is 0.0256. The molecule has 180 valence electrons. The van der Waals surface area contributed by atoms with Gasteiger partial charge in [0.1, 0.15) is 11.5 Å². The Morgan fingerprint density at radius 1 is 1.03 bits per heavy atom. The highest BCUT2D eigenvalue weighted by atomic mass is 16.5. The predicted molar refractivity (Wildman–Crippen MR) is 130 cm³/mol. The standard InChI is InChI=1S/C26H25N3O6/c1-33-22-11-10-17(14-23(22)34-2)25(31)28-21(16-20-8-5-13-35-20)26(32)27-18-6-3-7-19(15-18)29-12-4-9-24(29)30/h3,5-8,10-11,13-16H,4,9,12H2,1-2H3,(H,27,32)(H,28,31)/b21-16-. The predicted octanol–water partition coefficient (Wildman–Crippen LogP) is 3.83. The van der Waals surface area contributed by atoms with E-state index in [1.54, 1.807) is 47.4 Å². The highest BCUT2D eigenvalue weighted by Gasteiger charge is 2.22. The Labute approximate surface area is 202 Å². The Balaban J connectivity index is 1.56. The second kappa shape index (κ2) is 10.6. The van der Waals surface area contributed by atoms with Crippen LogP contribution in [0.2, 0.25) is 0 Å². The minimum Gasteiger partial charge on any atom is -0.493 e. The van der Waals surface area contributed by atoms with Crippen LogP contribution in [0.1, 0.15) is 29.0 Å². The van der Waals surface area contributed by atoms with Crippen LogP contribution in [0.15, 0.2) is 71.0 Å². The van der Waals surface area contributed by atoms with Gasteiger partial charge in [0.25, 0.3) is 11.8 Å². The van der Waals surface area contributed by atoms with Crippen LogP contribution in [0.4, 0.5) is 11.4 Å². The SMILES string of the molecule is COc1ccc(C(=O)N/C(=C\c2ccco2)C(=O)Nc2cccc(N3CCCC3=O)c2)cc1OC. The molecule has 9 nitrogen and oxygen atoms in total. The van der Waals surface area contributed by atoms with E-state index in [1.807, 2.05) is 6.07 Å². The molecule has 1 saturated heterocycles. The van der Waals surface area contributed by atoms with Gasteiger partial charge in [0, 0.05) is 36.0 Å². The summed E-state index contributed by atoms with van der Waals surface area (Å²) < 4.78 is 15.8. The summed E-state index contributed by atoms with van der Waals surface area (Å²) in [4.78, 5) is 39.9. The molecule has 35 heavy (non-hydrogen) atoms. The van der Waals surface area contributed by atoms with Crippen LogP contribution < -0.4 is 25.0 Å². The molecule has 0 spiro atoms. The number of furan rings is 1. The van der Waals surface area contributed by atoms with E-state index in [2.05, 4.69) is 10.6 Å². The van der Waals surface area contributed by atoms with Crippen molar-refractivity contribution >= 4 is 35.2 Å². The molecule has 3 aromatic rings. The molecule has 2 aromatic carbocycles. The van der Waals surface area contributed by atoms with E-state index >= 15 is 0 Å². The maximum atomic E-state index is 13.2. The van der Waals surface area contributed by atoms with Crippen molar-refractivity contribution in [2.24, 2.45) is 0 Å². The van der Waals surface area contributed by atoms with Crippen molar-refractivity contribution < 1.29 is 28.3 Å². The van der Waals surface area contributed by atoms with Crippen LogP contribution in [0, 0.1) is 0 Å². The first-order valence-corrected chi connectivity index (χ1v) is 11.0. The molecule has 0 unspecified atom stereocenters. The Morgan fingerprint density at radius 3 is 2.54 bits per heavy atom. The highest BCUT2D eigenvalue weighted by molar-refractivity contribution is 6.11. The van der Waals surface area contributed by atoms with Crippen molar-refractivity contribution in [3.63, 3.8) is 0 Å². The molecule has 4 rings (SSSR count). The molecule has 0 aliphatic carbocycles. The van der Waals surface area contributed by atoms with E-state index in [9.17, 15) is 14.4 Å². The molecule has 1 fully saturated rings. The quantitative estimate of drug-likeness (QED) is 0.479. The number of hydrogen-bond donors (Lipinski definition) is 2. The zero-order chi connectivity index (χ0) is 24.8. The Morgan fingerprint density at radius 2 is 1.86 bits per heavy atom. The summed E-state index contributed by atoms with van der Waals surface area (Å²) in [6.45, 7) is 0.640. The van der Waals surface area contributed by atoms with Gasteiger partial charge in [0.15, 0.2) is 11.5 Å². The number of carbonyl (C=O) groups excluding carboxylic acids is 3. The van der Waals surface area contributed by atoms with Crippen LogP contribution in [0.3, 0.4) is 0 Å². The maximum Gasteiger partial charge on any atom is 0.272 e. The van der Waals surface area contributed by atoms with E-state index < -0.39 is 11.8 Å². The number of ether oxygens (including phenoxy) is 2. The van der Waals surface area contributed by atoms with E-state index in [4.69, 9.17) is 13.9 Å². The third-order valence-corrected chi connectivity index (χ3v) is 5.46. The molecule has 2 N–H and O–H groups in total.